The third-order valence-electron chi connectivity index (χ3n) is 3.16. The maximum atomic E-state index is 12.2. The van der Waals surface area contributed by atoms with Crippen molar-refractivity contribution in [3.8, 4) is 0 Å². The Kier molecular flexibility index (Phi) is 7.61. The molecule has 0 aliphatic rings. The highest BCUT2D eigenvalue weighted by Gasteiger charge is 2.34. The van der Waals surface area contributed by atoms with Gasteiger partial charge >= 0.3 is 0 Å². The van der Waals surface area contributed by atoms with Gasteiger partial charge in [0.05, 0.1) is 13.2 Å². The van der Waals surface area contributed by atoms with Crippen LogP contribution in [0, 0.1) is 0 Å². The van der Waals surface area contributed by atoms with Gasteiger partial charge in [0.2, 0.25) is 0 Å². The molecule has 0 unspecified atom stereocenters. The number of aliphatic hydroxyl groups is 2. The molecule has 0 fully saturated rings. The molecule has 8 nitrogen and oxygen atoms in total. The Morgan fingerprint density at radius 1 is 0.818 bits per heavy atom. The largest absolute Gasteiger partial charge is 0.395 e. The van der Waals surface area contributed by atoms with Crippen molar-refractivity contribution in [2.75, 3.05) is 40.4 Å². The zero-order valence-electron chi connectivity index (χ0n) is 14.3. The van der Waals surface area contributed by atoms with E-state index < -0.39 is 11.1 Å². The topological polar surface area (TPSA) is 106 Å². The van der Waals surface area contributed by atoms with E-state index in [0.29, 0.717) is 0 Å². The van der Waals surface area contributed by atoms with Crippen LogP contribution in [0.25, 0.3) is 0 Å². The second kappa shape index (κ2) is 8.19. The first-order valence-electron chi connectivity index (χ1n) is 7.16. The van der Waals surface area contributed by atoms with E-state index in [1.165, 1.54) is 9.80 Å². The molecule has 0 saturated carbocycles. The summed E-state index contributed by atoms with van der Waals surface area (Å²) in [4.78, 5) is 27.2. The fourth-order valence-electron chi connectivity index (χ4n) is 1.77. The number of aliphatic hydroxyl groups excluding tert-OH is 2. The van der Waals surface area contributed by atoms with Gasteiger partial charge in [-0.3, -0.25) is 9.59 Å². The van der Waals surface area contributed by atoms with Crippen molar-refractivity contribution in [3.63, 3.8) is 0 Å². The summed E-state index contributed by atoms with van der Waals surface area (Å²) in [5.41, 5.74) is -2.26. The summed E-state index contributed by atoms with van der Waals surface area (Å²) >= 11 is 0. The molecule has 0 spiro atoms. The smallest absolute Gasteiger partial charge is 0.251 e. The molecule has 0 saturated heterocycles. The van der Waals surface area contributed by atoms with Crippen LogP contribution in [0.5, 0.6) is 0 Å². The van der Waals surface area contributed by atoms with Gasteiger partial charge in [-0.2, -0.15) is 10.2 Å². The zero-order chi connectivity index (χ0) is 17.6. The van der Waals surface area contributed by atoms with Gasteiger partial charge < -0.3 is 20.0 Å². The number of carbonyl (C=O) groups excluding carboxylic acids is 2. The molecule has 2 amide bonds. The van der Waals surface area contributed by atoms with Gasteiger partial charge in [0, 0.05) is 27.2 Å². The molecule has 0 aromatic rings. The maximum Gasteiger partial charge on any atom is 0.251 e. The standard InChI is InChI=1S/C14H28N4O4/c1-13(2,11(21)17(5)7-9-19)15-16-14(3,4)12(22)18(6)8-10-20/h19-20H,7-10H2,1-6H3. The monoisotopic (exact) mass is 316 g/mol. The van der Waals surface area contributed by atoms with Crippen LogP contribution in [0.2, 0.25) is 0 Å². The summed E-state index contributed by atoms with van der Waals surface area (Å²) in [6.45, 7) is 6.56. The van der Waals surface area contributed by atoms with Crippen LogP contribution in [-0.4, -0.2) is 83.3 Å². The Labute approximate surface area is 131 Å². The molecule has 0 aromatic carbocycles. The quantitative estimate of drug-likeness (QED) is 0.610. The number of hydrogen-bond donors (Lipinski definition) is 2. The van der Waals surface area contributed by atoms with Crippen molar-refractivity contribution in [1.29, 1.82) is 0 Å². The van der Waals surface area contributed by atoms with E-state index in [1.54, 1.807) is 41.8 Å². The second-order valence-electron chi connectivity index (χ2n) is 6.22. The fraction of sp³-hybridized carbons (Fsp3) is 0.857. The molecule has 128 valence electrons. The predicted octanol–water partition coefficient (Wildman–Crippen LogP) is -0.103. The van der Waals surface area contributed by atoms with Crippen molar-refractivity contribution < 1.29 is 19.8 Å². The highest BCUT2D eigenvalue weighted by molar-refractivity contribution is 5.86. The maximum absolute atomic E-state index is 12.2. The number of nitrogens with zero attached hydrogens (tertiary/aromatic N) is 4. The van der Waals surface area contributed by atoms with E-state index in [0.717, 1.165) is 0 Å². The molecule has 0 aliphatic carbocycles. The third kappa shape index (κ3) is 5.69. The summed E-state index contributed by atoms with van der Waals surface area (Å²) in [5.74, 6) is -0.588. The van der Waals surface area contributed by atoms with Gasteiger partial charge in [0.25, 0.3) is 11.8 Å². The number of likely N-dealkylation sites (N-methyl/N-ethyl adjacent to an activating group) is 2. The lowest BCUT2D eigenvalue weighted by Gasteiger charge is -2.28. The van der Waals surface area contributed by atoms with Gasteiger partial charge in [-0.1, -0.05) is 0 Å². The Bertz CT molecular complexity index is 383. The average molecular weight is 316 g/mol. The van der Waals surface area contributed by atoms with E-state index >= 15 is 0 Å². The van der Waals surface area contributed by atoms with Crippen molar-refractivity contribution in [2.45, 2.75) is 38.8 Å². The minimum atomic E-state index is -1.13. The highest BCUT2D eigenvalue weighted by atomic mass is 16.3. The number of rotatable bonds is 8. The summed E-state index contributed by atoms with van der Waals surface area (Å²) in [6, 6.07) is 0. The summed E-state index contributed by atoms with van der Waals surface area (Å²) in [7, 11) is 3.14. The molecule has 0 bridgehead atoms. The first-order valence-corrected chi connectivity index (χ1v) is 7.16. The molecule has 8 heteroatoms. The number of hydrogen-bond acceptors (Lipinski definition) is 6. The van der Waals surface area contributed by atoms with E-state index in [2.05, 4.69) is 10.2 Å². The van der Waals surface area contributed by atoms with Crippen LogP contribution >= 0.6 is 0 Å². The Balaban J connectivity index is 5.06. The lowest BCUT2D eigenvalue weighted by atomic mass is 10.0. The van der Waals surface area contributed by atoms with Crippen LogP contribution < -0.4 is 0 Å². The number of carbonyl (C=O) groups is 2. The number of amides is 2. The minimum absolute atomic E-state index is 0.134. The van der Waals surface area contributed by atoms with E-state index in [9.17, 15) is 9.59 Å². The van der Waals surface area contributed by atoms with Crippen molar-refractivity contribution in [1.82, 2.24) is 9.80 Å². The third-order valence-corrected chi connectivity index (χ3v) is 3.16. The zero-order valence-corrected chi connectivity index (χ0v) is 14.3. The van der Waals surface area contributed by atoms with Crippen LogP contribution in [0.1, 0.15) is 27.7 Å². The van der Waals surface area contributed by atoms with Crippen LogP contribution in [-0.2, 0) is 9.59 Å². The summed E-state index contributed by atoms with van der Waals surface area (Å²) in [5, 5.41) is 25.8. The molecular formula is C14H28N4O4. The van der Waals surface area contributed by atoms with Gasteiger partial charge in [-0.15, -0.1) is 0 Å². The minimum Gasteiger partial charge on any atom is -0.395 e. The molecule has 0 rings (SSSR count). The Morgan fingerprint density at radius 2 is 1.09 bits per heavy atom. The highest BCUT2D eigenvalue weighted by Crippen LogP contribution is 2.19. The number of azo groups is 1. The molecular weight excluding hydrogens is 288 g/mol. The van der Waals surface area contributed by atoms with Gasteiger partial charge in [-0.05, 0) is 27.7 Å². The lowest BCUT2D eigenvalue weighted by molar-refractivity contribution is -0.137. The SMILES string of the molecule is CN(CCO)C(=O)C(C)(C)N=NC(C)(C)C(=O)N(C)CCO. The Hall–Kier alpha value is -1.54. The molecule has 0 radical (unpaired) electrons. The van der Waals surface area contributed by atoms with Gasteiger partial charge in [-0.25, -0.2) is 0 Å². The Morgan fingerprint density at radius 3 is 1.32 bits per heavy atom. The predicted molar refractivity (Wildman–Crippen MR) is 82.5 cm³/mol. The normalized spacial score (nSPS) is 12.5. The molecule has 2 N–H and O–H groups in total. The summed E-state index contributed by atoms with van der Waals surface area (Å²) < 4.78 is 0. The van der Waals surface area contributed by atoms with Crippen molar-refractivity contribution in [3.05, 3.63) is 0 Å². The van der Waals surface area contributed by atoms with Crippen molar-refractivity contribution >= 4 is 11.8 Å². The van der Waals surface area contributed by atoms with Gasteiger partial charge in [0.1, 0.15) is 0 Å². The molecule has 0 atom stereocenters. The van der Waals surface area contributed by atoms with Crippen LogP contribution in [0.4, 0.5) is 0 Å². The van der Waals surface area contributed by atoms with E-state index in [1.807, 2.05) is 0 Å². The summed E-state index contributed by atoms with van der Waals surface area (Å²) in [6.07, 6.45) is 0. The van der Waals surface area contributed by atoms with E-state index in [-0.39, 0.29) is 38.1 Å². The first-order chi connectivity index (χ1) is 9.99. The van der Waals surface area contributed by atoms with Crippen LogP contribution in [0.3, 0.4) is 0 Å². The van der Waals surface area contributed by atoms with Crippen molar-refractivity contribution in [2.24, 2.45) is 10.2 Å². The molecule has 22 heavy (non-hydrogen) atoms. The molecule has 0 aromatic heterocycles. The molecule has 0 aliphatic heterocycles. The van der Waals surface area contributed by atoms with Crippen LogP contribution in [0.15, 0.2) is 10.2 Å². The lowest BCUT2D eigenvalue weighted by Crippen LogP contribution is -2.45. The fourth-order valence-corrected chi connectivity index (χ4v) is 1.77. The average Bonchev–Trinajstić information content (AvgIpc) is 2.44. The first kappa shape index (κ1) is 20.5. The van der Waals surface area contributed by atoms with Gasteiger partial charge in [0.15, 0.2) is 11.1 Å². The molecule has 0 heterocycles. The second-order valence-corrected chi connectivity index (χ2v) is 6.22. The van der Waals surface area contributed by atoms with E-state index in [4.69, 9.17) is 10.2 Å².